The lowest BCUT2D eigenvalue weighted by Gasteiger charge is -2.37. The summed E-state index contributed by atoms with van der Waals surface area (Å²) in [4.78, 5) is 4.99. The predicted octanol–water partition coefficient (Wildman–Crippen LogP) is 4.81. The average Bonchev–Trinajstić information content (AvgIpc) is 2.81. The van der Waals surface area contributed by atoms with Crippen molar-refractivity contribution in [1.82, 2.24) is 20.4 Å². The van der Waals surface area contributed by atoms with Gasteiger partial charge in [-0.25, -0.2) is 0 Å². The van der Waals surface area contributed by atoms with Crippen LogP contribution in [0.4, 0.5) is 0 Å². The van der Waals surface area contributed by atoms with Gasteiger partial charge in [0, 0.05) is 51.9 Å². The number of nitrogens with one attached hydrogen (secondary N) is 2. The van der Waals surface area contributed by atoms with E-state index in [-0.39, 0.29) is 6.04 Å². The quantitative estimate of drug-likeness (QED) is 0.473. The summed E-state index contributed by atoms with van der Waals surface area (Å²) in [5.41, 5.74) is 2.34. The first-order valence-corrected chi connectivity index (χ1v) is 12.6. The van der Waals surface area contributed by atoms with Gasteiger partial charge >= 0.3 is 0 Å². The van der Waals surface area contributed by atoms with Crippen LogP contribution in [-0.4, -0.2) is 60.8 Å². The molecule has 0 aliphatic carbocycles. The van der Waals surface area contributed by atoms with Crippen molar-refractivity contribution in [1.29, 1.82) is 0 Å². The Morgan fingerprint density at radius 3 is 2.39 bits per heavy atom. The maximum Gasteiger partial charge on any atom is 0.166 e. The molecule has 0 radical (unpaired) electrons. The normalized spacial score (nSPS) is 15.9. The van der Waals surface area contributed by atoms with E-state index in [4.69, 9.17) is 40.2 Å². The molecule has 1 aliphatic rings. The Balaban J connectivity index is 1.43. The minimum absolute atomic E-state index is 0.289. The third-order valence-electron chi connectivity index (χ3n) is 6.02. The Morgan fingerprint density at radius 1 is 1.00 bits per heavy atom. The number of benzene rings is 2. The molecule has 1 unspecified atom stereocenters. The Morgan fingerprint density at radius 2 is 1.73 bits per heavy atom. The van der Waals surface area contributed by atoms with Crippen molar-refractivity contribution in [3.05, 3.63) is 63.6 Å². The number of hydrogen-bond acceptors (Lipinski definition) is 4. The molecule has 1 fully saturated rings. The fraction of sp³-hybridized carbons (Fsp3) is 0.480. The monoisotopic (exact) mass is 508 g/mol. The zero-order chi connectivity index (χ0) is 23.8. The zero-order valence-corrected chi connectivity index (χ0v) is 21.9. The number of piperazine rings is 1. The molecule has 3 rings (SSSR count). The van der Waals surface area contributed by atoms with E-state index in [1.54, 1.807) is 7.11 Å². The highest BCUT2D eigenvalue weighted by Gasteiger charge is 2.22. The Kier molecular flexibility index (Phi) is 10.1. The average molecular weight is 510 g/mol. The van der Waals surface area contributed by atoms with Crippen LogP contribution in [0.25, 0.3) is 0 Å². The van der Waals surface area contributed by atoms with Gasteiger partial charge in [-0.2, -0.15) is 0 Å². The lowest BCUT2D eigenvalue weighted by atomic mass is 10.0. The highest BCUT2D eigenvalue weighted by molar-refractivity contribution is 7.80. The second kappa shape index (κ2) is 12.8. The minimum atomic E-state index is 0.289. The number of ether oxygens (including phenoxy) is 1. The highest BCUT2D eigenvalue weighted by Crippen LogP contribution is 2.23. The Labute approximate surface area is 213 Å². The third-order valence-corrected chi connectivity index (χ3v) is 7.02. The molecule has 2 aromatic rings. The maximum absolute atomic E-state index is 6.17. The first-order chi connectivity index (χ1) is 15.8. The SMILES string of the molecule is COc1cccc(CNC(=S)NC(CN2CCN(Cc3ccc(Cl)c(Cl)c3)CC2)C(C)C)c1. The molecule has 1 saturated heterocycles. The van der Waals surface area contributed by atoms with Crippen LogP contribution in [0.5, 0.6) is 5.75 Å². The van der Waals surface area contributed by atoms with Gasteiger partial charge in [0.05, 0.1) is 17.2 Å². The van der Waals surface area contributed by atoms with Gasteiger partial charge in [-0.3, -0.25) is 9.80 Å². The summed E-state index contributed by atoms with van der Waals surface area (Å²) < 4.78 is 5.30. The van der Waals surface area contributed by atoms with Crippen molar-refractivity contribution >= 4 is 40.5 Å². The summed E-state index contributed by atoms with van der Waals surface area (Å²) in [5.74, 6) is 1.32. The van der Waals surface area contributed by atoms with E-state index in [1.807, 2.05) is 30.3 Å². The van der Waals surface area contributed by atoms with Crippen LogP contribution in [-0.2, 0) is 13.1 Å². The summed E-state index contributed by atoms with van der Waals surface area (Å²) in [7, 11) is 1.68. The van der Waals surface area contributed by atoms with Gasteiger partial charge in [0.15, 0.2) is 5.11 Å². The molecular formula is C25H34Cl2N4OS. The van der Waals surface area contributed by atoms with Crippen LogP contribution < -0.4 is 15.4 Å². The van der Waals surface area contributed by atoms with Gasteiger partial charge < -0.3 is 15.4 Å². The molecule has 1 aliphatic heterocycles. The molecule has 180 valence electrons. The van der Waals surface area contributed by atoms with Gasteiger partial charge in [0.2, 0.25) is 0 Å². The third kappa shape index (κ3) is 8.30. The van der Waals surface area contributed by atoms with E-state index in [2.05, 4.69) is 46.4 Å². The van der Waals surface area contributed by atoms with Crippen molar-refractivity contribution < 1.29 is 4.74 Å². The number of thiocarbonyl (C=S) groups is 1. The van der Waals surface area contributed by atoms with E-state index in [0.29, 0.717) is 27.6 Å². The standard InChI is InChI=1S/C25H34Cl2N4OS/c1-18(2)24(29-25(33)28-15-19-5-4-6-21(13-19)32-3)17-31-11-9-30(10-12-31)16-20-7-8-22(26)23(27)14-20/h4-8,13-14,18,24H,9-12,15-17H2,1-3H3,(H2,28,29,33). The van der Waals surface area contributed by atoms with Gasteiger partial charge in [0.25, 0.3) is 0 Å². The first-order valence-electron chi connectivity index (χ1n) is 11.4. The summed E-state index contributed by atoms with van der Waals surface area (Å²) in [6, 6.07) is 14.2. The number of rotatable bonds is 9. The smallest absolute Gasteiger partial charge is 0.166 e. The molecule has 5 nitrogen and oxygen atoms in total. The molecule has 0 saturated carbocycles. The highest BCUT2D eigenvalue weighted by atomic mass is 35.5. The molecular weight excluding hydrogens is 475 g/mol. The van der Waals surface area contributed by atoms with Crippen molar-refractivity contribution in [2.45, 2.75) is 33.0 Å². The summed E-state index contributed by atoms with van der Waals surface area (Å²) >= 11 is 17.8. The topological polar surface area (TPSA) is 39.8 Å². The van der Waals surface area contributed by atoms with Gasteiger partial charge in [-0.05, 0) is 53.5 Å². The van der Waals surface area contributed by atoms with Crippen LogP contribution in [0, 0.1) is 5.92 Å². The molecule has 8 heteroatoms. The number of hydrogen-bond donors (Lipinski definition) is 2. The maximum atomic E-state index is 6.17. The number of methoxy groups -OCH3 is 1. The fourth-order valence-corrected chi connectivity index (χ4v) is 4.46. The largest absolute Gasteiger partial charge is 0.497 e. The molecule has 2 N–H and O–H groups in total. The summed E-state index contributed by atoms with van der Waals surface area (Å²) in [6.07, 6.45) is 0. The Hall–Kier alpha value is -1.57. The molecule has 0 aromatic heterocycles. The van der Waals surface area contributed by atoms with Gasteiger partial charge in [0.1, 0.15) is 5.75 Å². The first kappa shape index (κ1) is 26.0. The molecule has 33 heavy (non-hydrogen) atoms. The van der Waals surface area contributed by atoms with E-state index in [1.165, 1.54) is 5.56 Å². The van der Waals surface area contributed by atoms with Gasteiger partial charge in [-0.1, -0.05) is 55.2 Å². The lowest BCUT2D eigenvalue weighted by molar-refractivity contribution is 0.114. The van der Waals surface area contributed by atoms with Crippen LogP contribution in [0.15, 0.2) is 42.5 Å². The minimum Gasteiger partial charge on any atom is -0.497 e. The molecule has 0 bridgehead atoms. The number of halogens is 2. The second-order valence-electron chi connectivity index (χ2n) is 8.85. The van der Waals surface area contributed by atoms with E-state index < -0.39 is 0 Å². The van der Waals surface area contributed by atoms with Crippen molar-refractivity contribution in [3.63, 3.8) is 0 Å². The zero-order valence-electron chi connectivity index (χ0n) is 19.6. The predicted molar refractivity (Wildman–Crippen MR) is 142 cm³/mol. The molecule has 2 aromatic carbocycles. The van der Waals surface area contributed by atoms with E-state index in [0.717, 1.165) is 50.6 Å². The molecule has 1 heterocycles. The van der Waals surface area contributed by atoms with Crippen LogP contribution in [0.3, 0.4) is 0 Å². The fourth-order valence-electron chi connectivity index (χ4n) is 3.91. The summed E-state index contributed by atoms with van der Waals surface area (Å²) in [5, 5.41) is 8.78. The van der Waals surface area contributed by atoms with Crippen LogP contribution >= 0.6 is 35.4 Å². The molecule has 0 amide bonds. The second-order valence-corrected chi connectivity index (χ2v) is 10.1. The van der Waals surface area contributed by atoms with Crippen molar-refractivity contribution in [2.75, 3.05) is 39.8 Å². The molecule has 1 atom stereocenters. The van der Waals surface area contributed by atoms with E-state index >= 15 is 0 Å². The summed E-state index contributed by atoms with van der Waals surface area (Å²) in [6.45, 7) is 11.2. The van der Waals surface area contributed by atoms with Crippen LogP contribution in [0.1, 0.15) is 25.0 Å². The van der Waals surface area contributed by atoms with Crippen molar-refractivity contribution in [3.8, 4) is 5.75 Å². The van der Waals surface area contributed by atoms with E-state index in [9.17, 15) is 0 Å². The van der Waals surface area contributed by atoms with Crippen molar-refractivity contribution in [2.24, 2.45) is 5.92 Å². The molecule has 0 spiro atoms. The number of nitrogens with zero attached hydrogens (tertiary/aromatic N) is 2. The van der Waals surface area contributed by atoms with Crippen LogP contribution in [0.2, 0.25) is 10.0 Å². The van der Waals surface area contributed by atoms with Gasteiger partial charge in [-0.15, -0.1) is 0 Å². The Bertz CT molecular complexity index is 919. The lowest BCUT2D eigenvalue weighted by Crippen LogP contribution is -2.53.